The molecule has 2 aromatic carbocycles. The van der Waals surface area contributed by atoms with Gasteiger partial charge in [0.25, 0.3) is 0 Å². The number of nitrogens with zero attached hydrogens (tertiary/aromatic N) is 1. The summed E-state index contributed by atoms with van der Waals surface area (Å²) in [5, 5.41) is 11.8. The van der Waals surface area contributed by atoms with E-state index in [1.54, 1.807) is 0 Å². The minimum Gasteiger partial charge on any atom is -0.397 e. The van der Waals surface area contributed by atoms with Crippen LogP contribution in [0.2, 0.25) is 19.6 Å². The Morgan fingerprint density at radius 2 is 1.68 bits per heavy atom. The highest BCUT2D eigenvalue weighted by molar-refractivity contribution is 6.69. The van der Waals surface area contributed by atoms with Crippen LogP contribution < -0.4 is 0 Å². The number of hydrogen-bond acceptors (Lipinski definition) is 2. The average molecular weight is 269 g/mol. The van der Waals surface area contributed by atoms with E-state index in [0.717, 1.165) is 10.9 Å². The summed E-state index contributed by atoms with van der Waals surface area (Å²) in [7, 11) is -1.79. The van der Waals surface area contributed by atoms with Crippen LogP contribution in [0.5, 0.6) is 0 Å². The van der Waals surface area contributed by atoms with E-state index in [1.165, 1.54) is 5.39 Å². The first-order valence-corrected chi connectivity index (χ1v) is 9.86. The molecule has 0 aliphatic heterocycles. The van der Waals surface area contributed by atoms with Gasteiger partial charge in [-0.15, -0.1) is 0 Å². The highest BCUT2D eigenvalue weighted by Crippen LogP contribution is 2.30. The summed E-state index contributed by atoms with van der Waals surface area (Å²) in [5.74, 6) is 0. The van der Waals surface area contributed by atoms with Gasteiger partial charge in [-0.25, -0.2) is 0 Å². The van der Waals surface area contributed by atoms with Gasteiger partial charge in [-0.3, -0.25) is 0 Å². The maximum absolute atomic E-state index is 9.52. The predicted octanol–water partition coefficient (Wildman–Crippen LogP) is 4.43. The van der Waals surface area contributed by atoms with Crippen LogP contribution in [0.25, 0.3) is 10.8 Å². The van der Waals surface area contributed by atoms with Gasteiger partial charge in [0.15, 0.2) is 13.9 Å². The zero-order valence-corrected chi connectivity index (χ0v) is 12.9. The van der Waals surface area contributed by atoms with E-state index in [-0.39, 0.29) is 0 Å². The molecule has 0 unspecified atom stereocenters. The zero-order valence-electron chi connectivity index (χ0n) is 11.9. The lowest BCUT2D eigenvalue weighted by molar-refractivity contribution is 0.141. The van der Waals surface area contributed by atoms with Gasteiger partial charge in [0.1, 0.15) is 6.07 Å². The van der Waals surface area contributed by atoms with E-state index < -0.39 is 13.9 Å². The first-order chi connectivity index (χ1) is 8.84. The Hall–Kier alpha value is -1.63. The van der Waals surface area contributed by atoms with Gasteiger partial charge in [0.2, 0.25) is 0 Å². The van der Waals surface area contributed by atoms with E-state index in [1.807, 2.05) is 31.2 Å². The van der Waals surface area contributed by atoms with Gasteiger partial charge in [-0.1, -0.05) is 36.4 Å². The van der Waals surface area contributed by atoms with Crippen molar-refractivity contribution in [2.75, 3.05) is 0 Å². The SMILES string of the molecule is C[C@](C#N)(O[Si](C)(C)C)c1ccc2ccccc2c1. The number of rotatable bonds is 3. The smallest absolute Gasteiger partial charge is 0.186 e. The molecule has 2 nitrogen and oxygen atoms in total. The summed E-state index contributed by atoms with van der Waals surface area (Å²) in [6.45, 7) is 8.16. The van der Waals surface area contributed by atoms with Crippen molar-refractivity contribution in [1.82, 2.24) is 0 Å². The third-order valence-corrected chi connectivity index (χ3v) is 4.04. The van der Waals surface area contributed by atoms with Crippen molar-refractivity contribution in [1.29, 1.82) is 5.26 Å². The molecule has 19 heavy (non-hydrogen) atoms. The molecule has 0 spiro atoms. The molecule has 0 heterocycles. The summed E-state index contributed by atoms with van der Waals surface area (Å²) < 4.78 is 6.09. The largest absolute Gasteiger partial charge is 0.397 e. The van der Waals surface area contributed by atoms with Crippen LogP contribution in [0.1, 0.15) is 12.5 Å². The summed E-state index contributed by atoms with van der Waals surface area (Å²) >= 11 is 0. The van der Waals surface area contributed by atoms with E-state index >= 15 is 0 Å². The zero-order chi connectivity index (χ0) is 14.1. The van der Waals surface area contributed by atoms with Gasteiger partial charge in [-0.2, -0.15) is 5.26 Å². The standard InChI is InChI=1S/C16H19NOSi/c1-16(12-17,18-19(2,3)4)15-10-9-13-7-5-6-8-14(13)11-15/h5-11H,1-4H3/t16-/m1/s1. The van der Waals surface area contributed by atoms with Gasteiger partial charge in [-0.05, 0) is 49.0 Å². The third-order valence-electron chi connectivity index (χ3n) is 3.02. The molecule has 0 saturated carbocycles. The van der Waals surface area contributed by atoms with Crippen LogP contribution in [0.3, 0.4) is 0 Å². The highest BCUT2D eigenvalue weighted by atomic mass is 28.4. The Labute approximate surface area is 115 Å². The number of nitriles is 1. The lowest BCUT2D eigenvalue weighted by Gasteiger charge is -2.31. The normalized spacial score (nSPS) is 14.9. The molecule has 0 fully saturated rings. The van der Waals surface area contributed by atoms with Crippen molar-refractivity contribution >= 4 is 19.1 Å². The Morgan fingerprint density at radius 3 is 2.26 bits per heavy atom. The second-order valence-corrected chi connectivity index (χ2v) is 10.4. The Kier molecular flexibility index (Phi) is 3.49. The molecule has 0 amide bonds. The summed E-state index contributed by atoms with van der Waals surface area (Å²) in [4.78, 5) is 0. The second-order valence-electron chi connectivity index (χ2n) is 5.92. The molecule has 0 bridgehead atoms. The molecule has 2 aromatic rings. The monoisotopic (exact) mass is 269 g/mol. The number of benzene rings is 2. The van der Waals surface area contributed by atoms with Crippen molar-refractivity contribution in [3.63, 3.8) is 0 Å². The Morgan fingerprint density at radius 1 is 1.05 bits per heavy atom. The first kappa shape index (κ1) is 13.8. The Balaban J connectivity index is 2.49. The van der Waals surface area contributed by atoms with Crippen LogP contribution >= 0.6 is 0 Å². The maximum atomic E-state index is 9.52. The van der Waals surface area contributed by atoms with Crippen LogP contribution in [-0.2, 0) is 10.0 Å². The number of fused-ring (bicyclic) bond motifs is 1. The van der Waals surface area contributed by atoms with Crippen LogP contribution in [0.4, 0.5) is 0 Å². The second kappa shape index (κ2) is 4.80. The molecule has 0 N–H and O–H groups in total. The predicted molar refractivity (Wildman–Crippen MR) is 81.3 cm³/mol. The molecular weight excluding hydrogens is 250 g/mol. The Bertz CT molecular complexity index is 639. The van der Waals surface area contributed by atoms with Gasteiger partial charge < -0.3 is 4.43 Å². The fourth-order valence-corrected chi connectivity index (χ4v) is 3.63. The fraction of sp³-hybridized carbons (Fsp3) is 0.312. The summed E-state index contributed by atoms with van der Waals surface area (Å²) in [6.07, 6.45) is 0. The van der Waals surface area contributed by atoms with Crippen molar-refractivity contribution in [2.45, 2.75) is 32.2 Å². The van der Waals surface area contributed by atoms with E-state index in [4.69, 9.17) is 4.43 Å². The van der Waals surface area contributed by atoms with Crippen molar-refractivity contribution in [3.05, 3.63) is 48.0 Å². The first-order valence-electron chi connectivity index (χ1n) is 6.45. The minimum atomic E-state index is -1.79. The van der Waals surface area contributed by atoms with E-state index in [0.29, 0.717) is 0 Å². The van der Waals surface area contributed by atoms with Gasteiger partial charge >= 0.3 is 0 Å². The quantitative estimate of drug-likeness (QED) is 0.772. The third kappa shape index (κ3) is 3.03. The molecule has 3 heteroatoms. The van der Waals surface area contributed by atoms with Crippen LogP contribution in [-0.4, -0.2) is 8.32 Å². The van der Waals surface area contributed by atoms with Crippen molar-refractivity contribution < 1.29 is 4.43 Å². The minimum absolute atomic E-state index is 0.867. The van der Waals surface area contributed by atoms with Crippen LogP contribution in [0.15, 0.2) is 42.5 Å². The van der Waals surface area contributed by atoms with E-state index in [2.05, 4.69) is 43.9 Å². The molecule has 0 aliphatic carbocycles. The molecular formula is C16H19NOSi. The molecule has 1 atom stereocenters. The molecule has 0 radical (unpaired) electrons. The fourth-order valence-electron chi connectivity index (χ4n) is 2.24. The summed E-state index contributed by atoms with van der Waals surface area (Å²) in [6, 6.07) is 16.6. The lowest BCUT2D eigenvalue weighted by atomic mass is 9.95. The molecule has 0 aliphatic rings. The lowest BCUT2D eigenvalue weighted by Crippen LogP contribution is -2.37. The van der Waals surface area contributed by atoms with Gasteiger partial charge in [0, 0.05) is 0 Å². The average Bonchev–Trinajstić information content (AvgIpc) is 2.36. The van der Waals surface area contributed by atoms with Gasteiger partial charge in [0.05, 0.1) is 0 Å². The number of hydrogen-bond donors (Lipinski definition) is 0. The molecule has 98 valence electrons. The molecule has 0 saturated heterocycles. The maximum Gasteiger partial charge on any atom is 0.186 e. The van der Waals surface area contributed by atoms with Crippen LogP contribution in [0, 0.1) is 11.3 Å². The van der Waals surface area contributed by atoms with Crippen molar-refractivity contribution in [3.8, 4) is 6.07 Å². The van der Waals surface area contributed by atoms with E-state index in [9.17, 15) is 5.26 Å². The summed E-state index contributed by atoms with van der Waals surface area (Å²) in [5.41, 5.74) is 0.0604. The molecule has 2 rings (SSSR count). The molecule has 0 aromatic heterocycles. The topological polar surface area (TPSA) is 33.0 Å². The highest BCUT2D eigenvalue weighted by Gasteiger charge is 2.33. The van der Waals surface area contributed by atoms with Crippen molar-refractivity contribution in [2.24, 2.45) is 0 Å².